The quantitative estimate of drug-likeness (QED) is 0.800. The van der Waals surface area contributed by atoms with Gasteiger partial charge < -0.3 is 5.32 Å². The first kappa shape index (κ1) is 12.9. The summed E-state index contributed by atoms with van der Waals surface area (Å²) in [6, 6.07) is 11.8. The SMILES string of the molecule is CCCNC(=O)c1ccc(-n2cnc3ccccc32)s1. The molecule has 2 heterocycles. The first-order chi connectivity index (χ1) is 9.79. The number of carbonyl (C=O) groups is 1. The van der Waals surface area contributed by atoms with Gasteiger partial charge in [0.05, 0.1) is 15.9 Å². The van der Waals surface area contributed by atoms with Gasteiger partial charge in [0.2, 0.25) is 0 Å². The molecule has 0 radical (unpaired) electrons. The van der Waals surface area contributed by atoms with Crippen LogP contribution in [0.3, 0.4) is 0 Å². The highest BCUT2D eigenvalue weighted by atomic mass is 32.1. The zero-order chi connectivity index (χ0) is 13.9. The number of nitrogens with one attached hydrogen (secondary N) is 1. The fourth-order valence-corrected chi connectivity index (χ4v) is 2.95. The minimum Gasteiger partial charge on any atom is -0.351 e. The summed E-state index contributed by atoms with van der Waals surface area (Å²) in [4.78, 5) is 17.0. The maximum Gasteiger partial charge on any atom is 0.261 e. The third-order valence-corrected chi connectivity index (χ3v) is 4.13. The summed E-state index contributed by atoms with van der Waals surface area (Å²) in [6.45, 7) is 2.75. The molecule has 0 atom stereocenters. The van der Waals surface area contributed by atoms with Gasteiger partial charge in [0.15, 0.2) is 0 Å². The summed E-state index contributed by atoms with van der Waals surface area (Å²) in [7, 11) is 0. The smallest absolute Gasteiger partial charge is 0.261 e. The van der Waals surface area contributed by atoms with Crippen LogP contribution in [0, 0.1) is 0 Å². The predicted octanol–water partition coefficient (Wildman–Crippen LogP) is 3.23. The number of hydrogen-bond donors (Lipinski definition) is 1. The van der Waals surface area contributed by atoms with Crippen molar-refractivity contribution in [3.63, 3.8) is 0 Å². The third kappa shape index (κ3) is 2.32. The Kier molecular flexibility index (Phi) is 3.52. The summed E-state index contributed by atoms with van der Waals surface area (Å²) < 4.78 is 2.01. The molecule has 1 N–H and O–H groups in total. The minimum atomic E-state index is -0.00693. The molecule has 4 nitrogen and oxygen atoms in total. The Morgan fingerprint density at radius 3 is 3.00 bits per heavy atom. The van der Waals surface area contributed by atoms with Crippen LogP contribution in [0.2, 0.25) is 0 Å². The fraction of sp³-hybridized carbons (Fsp3) is 0.200. The highest BCUT2D eigenvalue weighted by molar-refractivity contribution is 7.16. The van der Waals surface area contributed by atoms with Crippen molar-refractivity contribution >= 4 is 28.3 Å². The van der Waals surface area contributed by atoms with Gasteiger partial charge in [-0.1, -0.05) is 19.1 Å². The Morgan fingerprint density at radius 1 is 1.30 bits per heavy atom. The first-order valence-corrected chi connectivity index (χ1v) is 7.41. The topological polar surface area (TPSA) is 46.9 Å². The molecule has 0 aliphatic rings. The van der Waals surface area contributed by atoms with Crippen LogP contribution in [0.1, 0.15) is 23.0 Å². The number of carbonyl (C=O) groups excluding carboxylic acids is 1. The molecule has 102 valence electrons. The number of amides is 1. The molecule has 5 heteroatoms. The number of hydrogen-bond acceptors (Lipinski definition) is 3. The van der Waals surface area contributed by atoms with Gasteiger partial charge in [-0.15, -0.1) is 11.3 Å². The number of nitrogens with zero attached hydrogens (tertiary/aromatic N) is 2. The molecule has 3 rings (SSSR count). The molecule has 0 saturated heterocycles. The third-order valence-electron chi connectivity index (χ3n) is 3.04. The van der Waals surface area contributed by atoms with Crippen molar-refractivity contribution < 1.29 is 4.79 Å². The Bertz CT molecular complexity index is 744. The van der Waals surface area contributed by atoms with E-state index in [-0.39, 0.29) is 5.91 Å². The molecular formula is C15H15N3OS. The minimum absolute atomic E-state index is 0.00693. The summed E-state index contributed by atoms with van der Waals surface area (Å²) in [5.41, 5.74) is 2.01. The van der Waals surface area contributed by atoms with Crippen LogP contribution in [0.15, 0.2) is 42.7 Å². The number of para-hydroxylation sites is 2. The average molecular weight is 285 g/mol. The molecule has 0 aliphatic carbocycles. The molecule has 0 aliphatic heterocycles. The van der Waals surface area contributed by atoms with Crippen molar-refractivity contribution in [2.75, 3.05) is 6.54 Å². The molecular weight excluding hydrogens is 270 g/mol. The molecule has 0 unspecified atom stereocenters. The van der Waals surface area contributed by atoms with E-state index in [4.69, 9.17) is 0 Å². The van der Waals surface area contributed by atoms with E-state index in [0.717, 1.165) is 27.3 Å². The Morgan fingerprint density at radius 2 is 2.15 bits per heavy atom. The van der Waals surface area contributed by atoms with Crippen LogP contribution in [0.4, 0.5) is 0 Å². The molecule has 0 bridgehead atoms. The lowest BCUT2D eigenvalue weighted by Crippen LogP contribution is -2.22. The first-order valence-electron chi connectivity index (χ1n) is 6.60. The molecule has 3 aromatic rings. The van der Waals surface area contributed by atoms with Crippen LogP contribution in [-0.2, 0) is 0 Å². The average Bonchev–Trinajstić information content (AvgIpc) is 3.10. The molecule has 0 spiro atoms. The normalized spacial score (nSPS) is 10.8. The lowest BCUT2D eigenvalue weighted by molar-refractivity contribution is 0.0957. The largest absolute Gasteiger partial charge is 0.351 e. The number of aromatic nitrogens is 2. The number of fused-ring (bicyclic) bond motifs is 1. The van der Waals surface area contributed by atoms with Crippen molar-refractivity contribution in [1.29, 1.82) is 0 Å². The van der Waals surface area contributed by atoms with Gasteiger partial charge >= 0.3 is 0 Å². The van der Waals surface area contributed by atoms with Crippen LogP contribution < -0.4 is 5.32 Å². The van der Waals surface area contributed by atoms with Gasteiger partial charge in [0.25, 0.3) is 5.91 Å². The fourth-order valence-electron chi connectivity index (χ4n) is 2.04. The zero-order valence-corrected chi connectivity index (χ0v) is 12.0. The van der Waals surface area contributed by atoms with Crippen LogP contribution >= 0.6 is 11.3 Å². The lowest BCUT2D eigenvalue weighted by atomic mass is 10.3. The van der Waals surface area contributed by atoms with Crippen LogP contribution in [0.5, 0.6) is 0 Å². The number of benzene rings is 1. The summed E-state index contributed by atoms with van der Waals surface area (Å²) >= 11 is 1.47. The van der Waals surface area contributed by atoms with E-state index in [1.807, 2.05) is 47.9 Å². The molecule has 0 saturated carbocycles. The van der Waals surface area contributed by atoms with E-state index in [0.29, 0.717) is 6.54 Å². The molecule has 2 aromatic heterocycles. The standard InChI is InChI=1S/C15H15N3OS/c1-2-9-16-15(19)13-7-8-14(20-13)18-10-17-11-5-3-4-6-12(11)18/h3-8,10H,2,9H2,1H3,(H,16,19). The van der Waals surface area contributed by atoms with E-state index in [9.17, 15) is 4.79 Å². The van der Waals surface area contributed by atoms with Crippen molar-refractivity contribution in [2.45, 2.75) is 13.3 Å². The van der Waals surface area contributed by atoms with E-state index in [1.54, 1.807) is 6.33 Å². The maximum atomic E-state index is 11.9. The van der Waals surface area contributed by atoms with Gasteiger partial charge in [0, 0.05) is 6.54 Å². The Labute approximate surface area is 121 Å². The summed E-state index contributed by atoms with van der Waals surface area (Å²) in [5.74, 6) is -0.00693. The van der Waals surface area contributed by atoms with Gasteiger partial charge in [-0.3, -0.25) is 9.36 Å². The summed E-state index contributed by atoms with van der Waals surface area (Å²) in [5, 5.41) is 3.89. The van der Waals surface area contributed by atoms with Gasteiger partial charge in [-0.2, -0.15) is 0 Å². The Hall–Kier alpha value is -2.14. The number of imidazole rings is 1. The second-order valence-corrected chi connectivity index (χ2v) is 5.56. The Balaban J connectivity index is 1.92. The zero-order valence-electron chi connectivity index (χ0n) is 11.2. The van der Waals surface area contributed by atoms with E-state index in [1.165, 1.54) is 11.3 Å². The number of thiophene rings is 1. The van der Waals surface area contributed by atoms with E-state index >= 15 is 0 Å². The highest BCUT2D eigenvalue weighted by Crippen LogP contribution is 2.24. The highest BCUT2D eigenvalue weighted by Gasteiger charge is 2.11. The lowest BCUT2D eigenvalue weighted by Gasteiger charge is -2.01. The maximum absolute atomic E-state index is 11.9. The molecule has 0 fully saturated rings. The van der Waals surface area contributed by atoms with Gasteiger partial charge in [0.1, 0.15) is 11.3 Å². The monoisotopic (exact) mass is 285 g/mol. The summed E-state index contributed by atoms with van der Waals surface area (Å²) in [6.07, 6.45) is 2.74. The van der Waals surface area contributed by atoms with Crippen molar-refractivity contribution in [2.24, 2.45) is 0 Å². The van der Waals surface area contributed by atoms with Crippen molar-refractivity contribution in [3.8, 4) is 5.00 Å². The molecule has 20 heavy (non-hydrogen) atoms. The van der Waals surface area contributed by atoms with E-state index in [2.05, 4.69) is 10.3 Å². The second kappa shape index (κ2) is 5.46. The van der Waals surface area contributed by atoms with Crippen molar-refractivity contribution in [1.82, 2.24) is 14.9 Å². The molecule has 1 aromatic carbocycles. The predicted molar refractivity (Wildman–Crippen MR) is 81.6 cm³/mol. The molecule has 1 amide bonds. The second-order valence-electron chi connectivity index (χ2n) is 4.50. The van der Waals surface area contributed by atoms with Crippen LogP contribution in [-0.4, -0.2) is 22.0 Å². The van der Waals surface area contributed by atoms with Gasteiger partial charge in [-0.05, 0) is 30.7 Å². The number of rotatable bonds is 4. The van der Waals surface area contributed by atoms with Gasteiger partial charge in [-0.25, -0.2) is 4.98 Å². The van der Waals surface area contributed by atoms with E-state index < -0.39 is 0 Å². The van der Waals surface area contributed by atoms with Crippen molar-refractivity contribution in [3.05, 3.63) is 47.6 Å². The van der Waals surface area contributed by atoms with Crippen LogP contribution in [0.25, 0.3) is 16.0 Å².